The molecule has 0 spiro atoms. The van der Waals surface area contributed by atoms with Gasteiger partial charge in [-0.05, 0) is 12.0 Å². The number of fused-ring (bicyclic) bond motifs is 1. The molecule has 3 rings (SSSR count). The van der Waals surface area contributed by atoms with Crippen LogP contribution in [0.1, 0.15) is 24.9 Å². The zero-order valence-electron chi connectivity index (χ0n) is 15.6. The zero-order chi connectivity index (χ0) is 20.6. The molecule has 2 heterocycles. The third-order valence-corrected chi connectivity index (χ3v) is 5.34. The third kappa shape index (κ3) is 3.98. The summed E-state index contributed by atoms with van der Waals surface area (Å²) in [6, 6.07) is 7.81. The highest BCUT2D eigenvalue weighted by Crippen LogP contribution is 2.43. The van der Waals surface area contributed by atoms with Crippen molar-refractivity contribution in [1.82, 2.24) is 14.7 Å². The van der Waals surface area contributed by atoms with E-state index in [1.54, 1.807) is 35.2 Å². The van der Waals surface area contributed by atoms with Gasteiger partial charge < -0.3 is 14.7 Å². The Morgan fingerprint density at radius 2 is 1.86 bits per heavy atom. The second-order valence-corrected chi connectivity index (χ2v) is 7.36. The van der Waals surface area contributed by atoms with Crippen LogP contribution in [0.15, 0.2) is 30.3 Å². The number of carbonyl (C=O) groups excluding carboxylic acids is 3. The summed E-state index contributed by atoms with van der Waals surface area (Å²) in [6.07, 6.45) is -4.28. The molecular weight excluding hydrogens is 375 g/mol. The molecule has 28 heavy (non-hydrogen) atoms. The Balaban J connectivity index is 1.93. The van der Waals surface area contributed by atoms with Gasteiger partial charge in [-0.2, -0.15) is 13.2 Å². The zero-order valence-corrected chi connectivity index (χ0v) is 15.6. The van der Waals surface area contributed by atoms with Crippen LogP contribution >= 0.6 is 0 Å². The van der Waals surface area contributed by atoms with E-state index >= 15 is 0 Å². The fourth-order valence-corrected chi connectivity index (χ4v) is 4.19. The maximum Gasteiger partial charge on any atom is 0.406 e. The van der Waals surface area contributed by atoms with Gasteiger partial charge in [-0.25, -0.2) is 0 Å². The van der Waals surface area contributed by atoms with Gasteiger partial charge in [0.1, 0.15) is 6.54 Å². The Kier molecular flexibility index (Phi) is 5.36. The molecule has 2 fully saturated rings. The Morgan fingerprint density at radius 3 is 2.43 bits per heavy atom. The number of alkyl halides is 3. The fourth-order valence-electron chi connectivity index (χ4n) is 4.19. The third-order valence-electron chi connectivity index (χ3n) is 5.34. The molecule has 0 aliphatic carbocycles. The summed E-state index contributed by atoms with van der Waals surface area (Å²) in [5.41, 5.74) is 0.702. The second kappa shape index (κ2) is 7.44. The predicted molar refractivity (Wildman–Crippen MR) is 93.9 cm³/mol. The van der Waals surface area contributed by atoms with Gasteiger partial charge in [-0.15, -0.1) is 0 Å². The van der Waals surface area contributed by atoms with Crippen LogP contribution in [0, 0.1) is 5.92 Å². The summed E-state index contributed by atoms with van der Waals surface area (Å²) in [6.45, 7) is 0.208. The van der Waals surface area contributed by atoms with Gasteiger partial charge in [0, 0.05) is 20.5 Å². The number of hydrogen-bond acceptors (Lipinski definition) is 3. The highest BCUT2D eigenvalue weighted by molar-refractivity contribution is 5.88. The number of halogens is 3. The molecule has 0 radical (unpaired) electrons. The van der Waals surface area contributed by atoms with Crippen LogP contribution in [0.5, 0.6) is 0 Å². The van der Waals surface area contributed by atoms with Crippen LogP contribution < -0.4 is 0 Å². The molecular formula is C19H22F3N3O3. The lowest BCUT2D eigenvalue weighted by molar-refractivity contribution is -0.161. The Morgan fingerprint density at radius 1 is 1.21 bits per heavy atom. The monoisotopic (exact) mass is 397 g/mol. The minimum atomic E-state index is -4.50. The van der Waals surface area contributed by atoms with E-state index < -0.39 is 36.6 Å². The second-order valence-electron chi connectivity index (χ2n) is 7.36. The number of piperazine rings is 1. The van der Waals surface area contributed by atoms with Gasteiger partial charge in [-0.1, -0.05) is 30.3 Å². The van der Waals surface area contributed by atoms with Gasteiger partial charge in [-0.3, -0.25) is 14.4 Å². The van der Waals surface area contributed by atoms with Gasteiger partial charge in [0.15, 0.2) is 0 Å². The molecule has 9 heteroatoms. The molecule has 1 aromatic carbocycles. The van der Waals surface area contributed by atoms with E-state index in [4.69, 9.17) is 0 Å². The Labute approximate surface area is 160 Å². The van der Waals surface area contributed by atoms with Gasteiger partial charge in [0.05, 0.1) is 24.5 Å². The van der Waals surface area contributed by atoms with E-state index in [2.05, 4.69) is 0 Å². The molecule has 3 amide bonds. The predicted octanol–water partition coefficient (Wildman–Crippen LogP) is 1.83. The molecule has 0 unspecified atom stereocenters. The first kappa shape index (κ1) is 20.2. The number of nitrogens with zero attached hydrogens (tertiary/aromatic N) is 3. The standard InChI is InChI=1S/C19H22F3N3O3/c1-12(26)24-9-14-8-15(18(28)23(2)11-19(20,21)22)17(25(14)16(27)10-24)13-6-4-3-5-7-13/h3-7,14-15,17H,8-11H2,1-2H3/t14-,15-,17-/m0/s1. The van der Waals surface area contributed by atoms with Crippen molar-refractivity contribution in [2.24, 2.45) is 5.92 Å². The maximum atomic E-state index is 12.9. The van der Waals surface area contributed by atoms with E-state index in [0.717, 1.165) is 7.05 Å². The van der Waals surface area contributed by atoms with Crippen molar-refractivity contribution in [2.75, 3.05) is 26.7 Å². The van der Waals surface area contributed by atoms with Crippen molar-refractivity contribution in [3.8, 4) is 0 Å². The van der Waals surface area contributed by atoms with Crippen molar-refractivity contribution in [1.29, 1.82) is 0 Å². The van der Waals surface area contributed by atoms with Crippen molar-refractivity contribution in [2.45, 2.75) is 31.6 Å². The summed E-state index contributed by atoms with van der Waals surface area (Å²) in [7, 11) is 1.12. The average Bonchev–Trinajstić information content (AvgIpc) is 3.00. The van der Waals surface area contributed by atoms with Crippen molar-refractivity contribution in [3.05, 3.63) is 35.9 Å². The lowest BCUT2D eigenvalue weighted by Crippen LogP contribution is -2.55. The minimum Gasteiger partial charge on any atom is -0.336 e. The molecule has 0 saturated carbocycles. The summed E-state index contributed by atoms with van der Waals surface area (Å²) in [4.78, 5) is 41.0. The molecule has 1 aromatic rings. The van der Waals surface area contributed by atoms with Gasteiger partial charge >= 0.3 is 6.18 Å². The van der Waals surface area contributed by atoms with E-state index in [0.29, 0.717) is 10.5 Å². The van der Waals surface area contributed by atoms with Crippen LogP contribution in [0.4, 0.5) is 13.2 Å². The topological polar surface area (TPSA) is 60.9 Å². The smallest absolute Gasteiger partial charge is 0.336 e. The van der Waals surface area contributed by atoms with Crippen LogP contribution in [-0.4, -0.2) is 71.3 Å². The minimum absolute atomic E-state index is 0.0888. The van der Waals surface area contributed by atoms with E-state index in [1.165, 1.54) is 11.8 Å². The molecule has 2 aliphatic heterocycles. The molecule has 0 bridgehead atoms. The summed E-state index contributed by atoms with van der Waals surface area (Å²) in [5.74, 6) is -1.99. The molecule has 6 nitrogen and oxygen atoms in total. The van der Waals surface area contributed by atoms with Crippen molar-refractivity contribution < 1.29 is 27.6 Å². The first-order valence-corrected chi connectivity index (χ1v) is 9.02. The van der Waals surface area contributed by atoms with Gasteiger partial charge in [0.2, 0.25) is 17.7 Å². The highest BCUT2D eigenvalue weighted by Gasteiger charge is 2.51. The normalized spacial score (nSPS) is 24.9. The van der Waals surface area contributed by atoms with Gasteiger partial charge in [0.25, 0.3) is 0 Å². The van der Waals surface area contributed by atoms with Crippen molar-refractivity contribution >= 4 is 17.7 Å². The van der Waals surface area contributed by atoms with E-state index in [9.17, 15) is 27.6 Å². The number of benzene rings is 1. The van der Waals surface area contributed by atoms with Crippen LogP contribution in [0.3, 0.4) is 0 Å². The van der Waals surface area contributed by atoms with E-state index in [-0.39, 0.29) is 31.3 Å². The lowest BCUT2D eigenvalue weighted by atomic mass is 9.92. The Hall–Kier alpha value is -2.58. The fraction of sp³-hybridized carbons (Fsp3) is 0.526. The quantitative estimate of drug-likeness (QED) is 0.782. The first-order chi connectivity index (χ1) is 13.1. The lowest BCUT2D eigenvalue weighted by Gasteiger charge is -2.40. The van der Waals surface area contributed by atoms with Crippen LogP contribution in [0.25, 0.3) is 0 Å². The largest absolute Gasteiger partial charge is 0.406 e. The SMILES string of the molecule is CC(=O)N1CC(=O)N2[C@@H](C[C@H](C(=O)N(C)CC(F)(F)F)[C@@H]2c2ccccc2)C1. The van der Waals surface area contributed by atoms with E-state index in [1.807, 2.05) is 0 Å². The average molecular weight is 397 g/mol. The summed E-state index contributed by atoms with van der Waals surface area (Å²) >= 11 is 0. The molecule has 0 N–H and O–H groups in total. The molecule has 3 atom stereocenters. The molecule has 152 valence electrons. The molecule has 2 aliphatic rings. The Bertz CT molecular complexity index is 769. The number of rotatable bonds is 3. The highest BCUT2D eigenvalue weighted by atomic mass is 19.4. The number of amides is 3. The number of hydrogen-bond donors (Lipinski definition) is 0. The van der Waals surface area contributed by atoms with Crippen molar-refractivity contribution in [3.63, 3.8) is 0 Å². The molecule has 2 saturated heterocycles. The number of carbonyl (C=O) groups is 3. The van der Waals surface area contributed by atoms with Crippen LogP contribution in [-0.2, 0) is 14.4 Å². The van der Waals surface area contributed by atoms with Crippen LogP contribution in [0.2, 0.25) is 0 Å². The first-order valence-electron chi connectivity index (χ1n) is 9.02. The summed E-state index contributed by atoms with van der Waals surface area (Å²) < 4.78 is 38.3. The maximum absolute atomic E-state index is 12.9. The molecule has 0 aromatic heterocycles. The summed E-state index contributed by atoms with van der Waals surface area (Å²) in [5, 5.41) is 0.